The van der Waals surface area contributed by atoms with Gasteiger partial charge in [-0.1, -0.05) is 13.8 Å². The molecule has 0 unspecified atom stereocenters. The third kappa shape index (κ3) is 1.70. The van der Waals surface area contributed by atoms with E-state index in [0.717, 1.165) is 0 Å². The molecule has 0 saturated heterocycles. The van der Waals surface area contributed by atoms with Gasteiger partial charge in [-0.25, -0.2) is 0 Å². The Bertz CT molecular complexity index is 326. The molecular weight excluding hydrogens is 178 g/mol. The van der Waals surface area contributed by atoms with Crippen molar-refractivity contribution in [3.63, 3.8) is 0 Å². The van der Waals surface area contributed by atoms with Crippen LogP contribution in [0.25, 0.3) is 0 Å². The Morgan fingerprint density at radius 1 is 1.57 bits per heavy atom. The van der Waals surface area contributed by atoms with Crippen LogP contribution in [-0.4, -0.2) is 21.1 Å². The Morgan fingerprint density at radius 3 is 2.50 bits per heavy atom. The number of hydrogen-bond donors (Lipinski definition) is 1. The molecule has 0 bridgehead atoms. The minimum absolute atomic E-state index is 0.0255. The molecule has 1 heterocycles. The van der Waals surface area contributed by atoms with E-state index in [-0.39, 0.29) is 5.78 Å². The summed E-state index contributed by atoms with van der Waals surface area (Å²) in [5.41, 5.74) is 5.85. The van der Waals surface area contributed by atoms with Crippen LogP contribution >= 0.6 is 0 Å². The molecule has 14 heavy (non-hydrogen) atoms. The molecule has 78 valence electrons. The zero-order valence-electron chi connectivity index (χ0n) is 8.95. The summed E-state index contributed by atoms with van der Waals surface area (Å²) in [6.45, 7) is 3.86. The molecule has 1 aromatic heterocycles. The maximum absolute atomic E-state index is 12.0. The fraction of sp³-hybridized carbons (Fsp3) is 0.600. The Balaban J connectivity index is 3.01. The van der Waals surface area contributed by atoms with E-state index in [1.807, 2.05) is 13.8 Å². The number of rotatable bonds is 4. The van der Waals surface area contributed by atoms with E-state index in [0.29, 0.717) is 18.5 Å². The minimum atomic E-state index is -0.742. The predicted molar refractivity (Wildman–Crippen MR) is 55.0 cm³/mol. The molecule has 1 rings (SSSR count). The van der Waals surface area contributed by atoms with E-state index < -0.39 is 5.54 Å². The summed E-state index contributed by atoms with van der Waals surface area (Å²) in [7, 11) is 1.75. The van der Waals surface area contributed by atoms with Gasteiger partial charge in [0.1, 0.15) is 5.69 Å². The summed E-state index contributed by atoms with van der Waals surface area (Å²) in [4.78, 5) is 12.0. The van der Waals surface area contributed by atoms with Gasteiger partial charge in [0.25, 0.3) is 0 Å². The van der Waals surface area contributed by atoms with Gasteiger partial charge in [-0.15, -0.1) is 0 Å². The van der Waals surface area contributed by atoms with Gasteiger partial charge in [0.05, 0.1) is 5.54 Å². The Hall–Kier alpha value is -1.16. The van der Waals surface area contributed by atoms with Crippen LogP contribution in [0.5, 0.6) is 0 Å². The van der Waals surface area contributed by atoms with Crippen molar-refractivity contribution in [3.05, 3.63) is 18.0 Å². The fourth-order valence-corrected chi connectivity index (χ4v) is 1.42. The smallest absolute Gasteiger partial charge is 0.200 e. The van der Waals surface area contributed by atoms with Crippen molar-refractivity contribution >= 4 is 5.78 Å². The maximum Gasteiger partial charge on any atom is 0.200 e. The highest BCUT2D eigenvalue weighted by Gasteiger charge is 2.32. The quantitative estimate of drug-likeness (QED) is 0.732. The zero-order chi connectivity index (χ0) is 10.8. The summed E-state index contributed by atoms with van der Waals surface area (Å²) in [6, 6.07) is 1.70. The Kier molecular flexibility index (Phi) is 3.06. The van der Waals surface area contributed by atoms with Crippen LogP contribution in [0.1, 0.15) is 37.2 Å². The van der Waals surface area contributed by atoms with Crippen LogP contribution in [0.4, 0.5) is 0 Å². The van der Waals surface area contributed by atoms with Crippen LogP contribution in [0.15, 0.2) is 12.3 Å². The normalized spacial score (nSPS) is 11.7. The van der Waals surface area contributed by atoms with E-state index in [1.54, 1.807) is 24.0 Å². The molecular formula is C10H17N3O. The molecule has 0 aliphatic heterocycles. The average Bonchev–Trinajstić information content (AvgIpc) is 2.62. The minimum Gasteiger partial charge on any atom is -0.319 e. The monoisotopic (exact) mass is 195 g/mol. The molecule has 0 spiro atoms. The van der Waals surface area contributed by atoms with E-state index in [1.165, 1.54) is 0 Å². The van der Waals surface area contributed by atoms with E-state index in [4.69, 9.17) is 5.73 Å². The van der Waals surface area contributed by atoms with Gasteiger partial charge < -0.3 is 5.73 Å². The number of nitrogens with zero attached hydrogens (tertiary/aromatic N) is 2. The third-order valence-electron chi connectivity index (χ3n) is 2.77. The van der Waals surface area contributed by atoms with Crippen molar-refractivity contribution in [2.75, 3.05) is 0 Å². The highest BCUT2D eigenvalue weighted by Crippen LogP contribution is 2.17. The van der Waals surface area contributed by atoms with Crippen LogP contribution in [-0.2, 0) is 7.05 Å². The second-order valence-corrected chi connectivity index (χ2v) is 3.53. The third-order valence-corrected chi connectivity index (χ3v) is 2.77. The lowest BCUT2D eigenvalue weighted by atomic mass is 9.87. The van der Waals surface area contributed by atoms with Crippen LogP contribution in [0, 0.1) is 0 Å². The number of carbonyl (C=O) groups is 1. The molecule has 2 N–H and O–H groups in total. The molecule has 0 fully saturated rings. The second kappa shape index (κ2) is 3.92. The zero-order valence-corrected chi connectivity index (χ0v) is 8.95. The summed E-state index contributed by atoms with van der Waals surface area (Å²) in [6.07, 6.45) is 2.90. The van der Waals surface area contributed by atoms with Crippen molar-refractivity contribution in [3.8, 4) is 0 Å². The first-order valence-corrected chi connectivity index (χ1v) is 4.87. The fourth-order valence-electron chi connectivity index (χ4n) is 1.42. The Morgan fingerprint density at radius 2 is 2.14 bits per heavy atom. The lowest BCUT2D eigenvalue weighted by Crippen LogP contribution is -2.47. The summed E-state index contributed by atoms with van der Waals surface area (Å²) in [5, 5.41) is 3.96. The number of aryl methyl sites for hydroxylation is 1. The number of Topliss-reactive ketones (excluding diaryl/α,β-unsaturated/α-hetero) is 1. The number of ketones is 1. The maximum atomic E-state index is 12.0. The lowest BCUT2D eigenvalue weighted by molar-refractivity contribution is 0.0869. The van der Waals surface area contributed by atoms with Gasteiger partial charge in [-0.2, -0.15) is 5.10 Å². The summed E-state index contributed by atoms with van der Waals surface area (Å²) in [5.74, 6) is -0.0255. The topological polar surface area (TPSA) is 60.9 Å². The number of carbonyl (C=O) groups excluding carboxylic acids is 1. The summed E-state index contributed by atoms with van der Waals surface area (Å²) >= 11 is 0. The molecule has 0 aliphatic carbocycles. The highest BCUT2D eigenvalue weighted by atomic mass is 16.1. The summed E-state index contributed by atoms with van der Waals surface area (Å²) < 4.78 is 1.56. The van der Waals surface area contributed by atoms with E-state index in [9.17, 15) is 4.79 Å². The van der Waals surface area contributed by atoms with Crippen molar-refractivity contribution < 1.29 is 4.79 Å². The highest BCUT2D eigenvalue weighted by molar-refractivity contribution is 6.01. The first kappa shape index (κ1) is 10.9. The molecule has 4 nitrogen and oxygen atoms in total. The molecule has 0 aromatic carbocycles. The average molecular weight is 195 g/mol. The molecule has 0 saturated carbocycles. The number of aromatic nitrogens is 2. The van der Waals surface area contributed by atoms with E-state index in [2.05, 4.69) is 5.10 Å². The second-order valence-electron chi connectivity index (χ2n) is 3.53. The number of nitrogens with two attached hydrogens (primary N) is 1. The van der Waals surface area contributed by atoms with Gasteiger partial charge in [0.2, 0.25) is 5.78 Å². The standard InChI is InChI=1S/C10H17N3O/c1-4-10(11,5-2)9(14)8-6-7-12-13(8)3/h6-7H,4-5,11H2,1-3H3. The molecule has 4 heteroatoms. The molecule has 0 atom stereocenters. The van der Waals surface area contributed by atoms with Crippen molar-refractivity contribution in [2.45, 2.75) is 32.2 Å². The lowest BCUT2D eigenvalue weighted by Gasteiger charge is -2.24. The van der Waals surface area contributed by atoms with Gasteiger partial charge in [-0.3, -0.25) is 9.48 Å². The molecule has 0 aliphatic rings. The van der Waals surface area contributed by atoms with Crippen LogP contribution < -0.4 is 5.73 Å². The van der Waals surface area contributed by atoms with Gasteiger partial charge in [0.15, 0.2) is 0 Å². The first-order valence-electron chi connectivity index (χ1n) is 4.87. The largest absolute Gasteiger partial charge is 0.319 e. The van der Waals surface area contributed by atoms with Crippen molar-refractivity contribution in [1.82, 2.24) is 9.78 Å². The number of hydrogen-bond acceptors (Lipinski definition) is 3. The SMILES string of the molecule is CCC(N)(CC)C(=O)c1ccnn1C. The molecule has 1 aromatic rings. The molecule has 0 radical (unpaired) electrons. The van der Waals surface area contributed by atoms with E-state index >= 15 is 0 Å². The van der Waals surface area contributed by atoms with Gasteiger partial charge in [0, 0.05) is 13.2 Å². The van der Waals surface area contributed by atoms with Crippen LogP contribution in [0.3, 0.4) is 0 Å². The van der Waals surface area contributed by atoms with Gasteiger partial charge in [-0.05, 0) is 18.9 Å². The van der Waals surface area contributed by atoms with Crippen molar-refractivity contribution in [1.29, 1.82) is 0 Å². The van der Waals surface area contributed by atoms with Gasteiger partial charge >= 0.3 is 0 Å². The first-order chi connectivity index (χ1) is 6.55. The molecule has 0 amide bonds. The van der Waals surface area contributed by atoms with Crippen LogP contribution in [0.2, 0.25) is 0 Å². The predicted octanol–water partition coefficient (Wildman–Crippen LogP) is 1.12. The van der Waals surface area contributed by atoms with Crippen molar-refractivity contribution in [2.24, 2.45) is 12.8 Å². The Labute approximate surface area is 84.1 Å².